The Morgan fingerprint density at radius 2 is 2.31 bits per heavy atom. The minimum absolute atomic E-state index is 0.0633. The molecule has 1 atom stereocenters. The van der Waals surface area contributed by atoms with Gasteiger partial charge in [-0.25, -0.2) is 0 Å². The molecule has 0 aliphatic carbocycles. The minimum atomic E-state index is -0.459. The van der Waals surface area contributed by atoms with Crippen LogP contribution in [0.3, 0.4) is 0 Å². The first kappa shape index (κ1) is 13.2. The van der Waals surface area contributed by atoms with Crippen LogP contribution < -0.4 is 5.32 Å². The Morgan fingerprint density at radius 1 is 1.56 bits per heavy atom. The van der Waals surface area contributed by atoms with E-state index in [2.05, 4.69) is 5.32 Å². The summed E-state index contributed by atoms with van der Waals surface area (Å²) >= 11 is 1.54. The van der Waals surface area contributed by atoms with Crippen molar-refractivity contribution < 1.29 is 9.90 Å². The lowest BCUT2D eigenvalue weighted by Gasteiger charge is -2.10. The smallest absolute Gasteiger partial charge is 0.220 e. The van der Waals surface area contributed by atoms with Crippen LogP contribution in [0.25, 0.3) is 0 Å². The van der Waals surface area contributed by atoms with Crippen LogP contribution >= 0.6 is 11.3 Å². The highest BCUT2D eigenvalue weighted by Gasteiger charge is 2.09. The summed E-state index contributed by atoms with van der Waals surface area (Å²) in [5, 5.41) is 14.5. The van der Waals surface area contributed by atoms with E-state index < -0.39 is 6.10 Å². The van der Waals surface area contributed by atoms with Gasteiger partial charge in [-0.2, -0.15) is 0 Å². The molecular weight excluding hydrogens is 222 g/mol. The summed E-state index contributed by atoms with van der Waals surface area (Å²) < 4.78 is 0. The van der Waals surface area contributed by atoms with Crippen molar-refractivity contribution in [3.63, 3.8) is 0 Å². The van der Waals surface area contributed by atoms with Crippen molar-refractivity contribution in [2.24, 2.45) is 5.92 Å². The fourth-order valence-corrected chi connectivity index (χ4v) is 2.16. The van der Waals surface area contributed by atoms with Crippen molar-refractivity contribution >= 4 is 17.2 Å². The van der Waals surface area contributed by atoms with Gasteiger partial charge in [0.25, 0.3) is 0 Å². The Hall–Kier alpha value is -0.870. The molecule has 0 fully saturated rings. The van der Waals surface area contributed by atoms with Crippen LogP contribution in [-0.2, 0) is 4.79 Å². The van der Waals surface area contributed by atoms with Crippen LogP contribution in [0.1, 0.15) is 37.7 Å². The molecule has 2 N–H and O–H groups in total. The number of aliphatic hydroxyl groups excluding tert-OH is 1. The zero-order valence-electron chi connectivity index (χ0n) is 9.77. The number of thiophene rings is 1. The monoisotopic (exact) mass is 241 g/mol. The van der Waals surface area contributed by atoms with Crippen LogP contribution in [0.15, 0.2) is 17.5 Å². The number of carbonyl (C=O) groups is 1. The van der Waals surface area contributed by atoms with Crippen LogP contribution in [0, 0.1) is 5.92 Å². The van der Waals surface area contributed by atoms with Gasteiger partial charge in [0, 0.05) is 17.8 Å². The van der Waals surface area contributed by atoms with E-state index in [0.29, 0.717) is 25.3 Å². The van der Waals surface area contributed by atoms with Gasteiger partial charge >= 0.3 is 0 Å². The Bertz CT molecular complexity index is 309. The molecule has 3 nitrogen and oxygen atoms in total. The standard InChI is InChI=1S/C12H19NO2S/c1-9(2)8-12(15)13-6-5-10(14)11-4-3-7-16-11/h3-4,7,9-10,14H,5-6,8H2,1-2H3,(H,13,15). The predicted octanol–water partition coefficient (Wildman–Crippen LogP) is 2.33. The largest absolute Gasteiger partial charge is 0.388 e. The summed E-state index contributed by atoms with van der Waals surface area (Å²) in [6.07, 6.45) is 0.666. The molecule has 1 heterocycles. The Kier molecular flexibility index (Phi) is 5.49. The molecule has 0 aromatic carbocycles. The number of hydrogen-bond acceptors (Lipinski definition) is 3. The molecule has 1 aromatic rings. The first-order valence-electron chi connectivity index (χ1n) is 5.57. The molecule has 90 valence electrons. The van der Waals surface area contributed by atoms with Gasteiger partial charge in [-0.3, -0.25) is 4.79 Å². The molecule has 1 aromatic heterocycles. The summed E-state index contributed by atoms with van der Waals surface area (Å²) in [6.45, 7) is 4.56. The van der Waals surface area contributed by atoms with Crippen LogP contribution in [-0.4, -0.2) is 17.6 Å². The molecule has 1 unspecified atom stereocenters. The van der Waals surface area contributed by atoms with E-state index in [1.54, 1.807) is 0 Å². The summed E-state index contributed by atoms with van der Waals surface area (Å²) in [7, 11) is 0. The molecule has 0 saturated heterocycles. The zero-order valence-corrected chi connectivity index (χ0v) is 10.6. The maximum absolute atomic E-state index is 11.3. The van der Waals surface area contributed by atoms with Gasteiger partial charge < -0.3 is 10.4 Å². The second-order valence-corrected chi connectivity index (χ2v) is 5.25. The lowest BCUT2D eigenvalue weighted by Crippen LogP contribution is -2.26. The van der Waals surface area contributed by atoms with Crippen molar-refractivity contribution in [1.29, 1.82) is 0 Å². The second-order valence-electron chi connectivity index (χ2n) is 4.27. The minimum Gasteiger partial charge on any atom is -0.388 e. The molecule has 0 saturated carbocycles. The Balaban J connectivity index is 2.18. The molecule has 16 heavy (non-hydrogen) atoms. The lowest BCUT2D eigenvalue weighted by atomic mass is 10.1. The average molecular weight is 241 g/mol. The molecule has 0 aliphatic rings. The Labute approximate surface area is 100 Å². The van der Waals surface area contributed by atoms with Crippen molar-refractivity contribution in [1.82, 2.24) is 5.32 Å². The molecule has 1 rings (SSSR count). The van der Waals surface area contributed by atoms with Crippen LogP contribution in [0.2, 0.25) is 0 Å². The van der Waals surface area contributed by atoms with Crippen molar-refractivity contribution in [2.45, 2.75) is 32.8 Å². The summed E-state index contributed by atoms with van der Waals surface area (Å²) in [5.41, 5.74) is 0. The van der Waals surface area contributed by atoms with E-state index >= 15 is 0 Å². The highest BCUT2D eigenvalue weighted by molar-refractivity contribution is 7.10. The molecule has 0 bridgehead atoms. The highest BCUT2D eigenvalue weighted by Crippen LogP contribution is 2.20. The van der Waals surface area contributed by atoms with E-state index in [1.807, 2.05) is 31.4 Å². The summed E-state index contributed by atoms with van der Waals surface area (Å²) in [5.74, 6) is 0.440. The predicted molar refractivity (Wildman–Crippen MR) is 66.4 cm³/mol. The van der Waals surface area contributed by atoms with E-state index in [9.17, 15) is 9.90 Å². The fourth-order valence-electron chi connectivity index (χ4n) is 1.41. The number of hydrogen-bond donors (Lipinski definition) is 2. The SMILES string of the molecule is CC(C)CC(=O)NCCC(O)c1cccs1. The van der Waals surface area contributed by atoms with E-state index in [0.717, 1.165) is 4.88 Å². The summed E-state index contributed by atoms with van der Waals surface area (Å²) in [6, 6.07) is 3.83. The fraction of sp³-hybridized carbons (Fsp3) is 0.583. The van der Waals surface area contributed by atoms with Crippen molar-refractivity contribution in [3.05, 3.63) is 22.4 Å². The first-order chi connectivity index (χ1) is 7.59. The maximum Gasteiger partial charge on any atom is 0.220 e. The van der Waals surface area contributed by atoms with Crippen molar-refractivity contribution in [2.75, 3.05) is 6.54 Å². The van der Waals surface area contributed by atoms with Crippen LogP contribution in [0.5, 0.6) is 0 Å². The molecule has 0 aliphatic heterocycles. The average Bonchev–Trinajstić information content (AvgIpc) is 2.68. The first-order valence-corrected chi connectivity index (χ1v) is 6.45. The van der Waals surface area contributed by atoms with Gasteiger partial charge in [-0.15, -0.1) is 11.3 Å². The normalized spacial score (nSPS) is 12.8. The summed E-state index contributed by atoms with van der Waals surface area (Å²) in [4.78, 5) is 12.3. The third kappa shape index (κ3) is 4.77. The van der Waals surface area contributed by atoms with Gasteiger partial charge in [0.2, 0.25) is 5.91 Å². The van der Waals surface area contributed by atoms with Gasteiger partial charge in [0.1, 0.15) is 0 Å². The van der Waals surface area contributed by atoms with E-state index in [4.69, 9.17) is 0 Å². The number of rotatable bonds is 6. The molecule has 4 heteroatoms. The molecule has 1 amide bonds. The van der Waals surface area contributed by atoms with Crippen molar-refractivity contribution in [3.8, 4) is 0 Å². The van der Waals surface area contributed by atoms with Crippen LogP contribution in [0.4, 0.5) is 0 Å². The van der Waals surface area contributed by atoms with Gasteiger partial charge in [-0.1, -0.05) is 19.9 Å². The molecule has 0 radical (unpaired) electrons. The highest BCUT2D eigenvalue weighted by atomic mass is 32.1. The number of aliphatic hydroxyl groups is 1. The van der Waals surface area contributed by atoms with Gasteiger partial charge in [0.15, 0.2) is 0 Å². The quantitative estimate of drug-likeness (QED) is 0.803. The molecular formula is C12H19NO2S. The van der Waals surface area contributed by atoms with Gasteiger partial charge in [-0.05, 0) is 23.8 Å². The van der Waals surface area contributed by atoms with E-state index in [1.165, 1.54) is 11.3 Å². The number of amides is 1. The van der Waals surface area contributed by atoms with Gasteiger partial charge in [0.05, 0.1) is 6.10 Å². The second kappa shape index (κ2) is 6.66. The Morgan fingerprint density at radius 3 is 2.88 bits per heavy atom. The lowest BCUT2D eigenvalue weighted by molar-refractivity contribution is -0.121. The molecule has 0 spiro atoms. The zero-order chi connectivity index (χ0) is 12.0. The number of carbonyl (C=O) groups excluding carboxylic acids is 1. The maximum atomic E-state index is 11.3. The van der Waals surface area contributed by atoms with E-state index in [-0.39, 0.29) is 5.91 Å². The third-order valence-electron chi connectivity index (χ3n) is 2.21. The topological polar surface area (TPSA) is 49.3 Å². The third-order valence-corrected chi connectivity index (χ3v) is 3.18. The number of nitrogens with one attached hydrogen (secondary N) is 1.